The fourth-order valence-corrected chi connectivity index (χ4v) is 0.856. The van der Waals surface area contributed by atoms with Gasteiger partial charge in [0.15, 0.2) is 0 Å². The van der Waals surface area contributed by atoms with Gasteiger partial charge in [0.05, 0.1) is 0 Å². The molecule has 1 aliphatic heterocycles. The van der Waals surface area contributed by atoms with Crippen molar-refractivity contribution in [2.75, 3.05) is 0 Å². The molecular formula is C3H4N2O2S. The Morgan fingerprint density at radius 3 is 2.50 bits per heavy atom. The SMILES string of the molecule is O=S1(=O)C=NC=CN1. The first-order valence-corrected chi connectivity index (χ1v) is 3.46. The van der Waals surface area contributed by atoms with Gasteiger partial charge in [-0.25, -0.2) is 13.4 Å². The maximum Gasteiger partial charge on any atom is 0.271 e. The zero-order valence-electron chi connectivity index (χ0n) is 3.90. The van der Waals surface area contributed by atoms with Crippen LogP contribution in [0.25, 0.3) is 0 Å². The Morgan fingerprint density at radius 1 is 1.50 bits per heavy atom. The van der Waals surface area contributed by atoms with Crippen LogP contribution in [0.4, 0.5) is 0 Å². The molecule has 1 aliphatic rings. The van der Waals surface area contributed by atoms with E-state index in [-0.39, 0.29) is 0 Å². The van der Waals surface area contributed by atoms with Gasteiger partial charge >= 0.3 is 0 Å². The fourth-order valence-electron chi connectivity index (χ4n) is 0.314. The van der Waals surface area contributed by atoms with Crippen molar-refractivity contribution < 1.29 is 8.42 Å². The molecule has 0 unspecified atom stereocenters. The summed E-state index contributed by atoms with van der Waals surface area (Å²) in [6, 6.07) is 0. The normalized spacial score (nSPS) is 22.5. The Morgan fingerprint density at radius 2 is 2.25 bits per heavy atom. The number of hydrogen-bond donors (Lipinski definition) is 1. The molecule has 0 radical (unpaired) electrons. The first-order valence-electron chi connectivity index (χ1n) is 1.91. The Labute approximate surface area is 47.0 Å². The lowest BCUT2D eigenvalue weighted by atomic mass is 10.9. The molecule has 44 valence electrons. The predicted octanol–water partition coefficient (Wildman–Crippen LogP) is -0.581. The van der Waals surface area contributed by atoms with Crippen molar-refractivity contribution in [1.29, 1.82) is 0 Å². The van der Waals surface area contributed by atoms with Crippen LogP contribution < -0.4 is 4.72 Å². The highest BCUT2D eigenvalue weighted by Crippen LogP contribution is 1.85. The highest BCUT2D eigenvalue weighted by atomic mass is 32.2. The molecule has 0 aromatic rings. The molecule has 5 heteroatoms. The molecular weight excluding hydrogens is 128 g/mol. The van der Waals surface area contributed by atoms with Crippen molar-refractivity contribution in [1.82, 2.24) is 4.72 Å². The van der Waals surface area contributed by atoms with Gasteiger partial charge in [-0.2, -0.15) is 0 Å². The van der Waals surface area contributed by atoms with Gasteiger partial charge in [-0.1, -0.05) is 0 Å². The van der Waals surface area contributed by atoms with Crippen molar-refractivity contribution in [2.24, 2.45) is 4.99 Å². The van der Waals surface area contributed by atoms with Crippen LogP contribution in [0.3, 0.4) is 0 Å². The molecule has 1 heterocycles. The maximum atomic E-state index is 10.3. The number of hydrogen-bond acceptors (Lipinski definition) is 3. The summed E-state index contributed by atoms with van der Waals surface area (Å²) in [5.74, 6) is 0. The summed E-state index contributed by atoms with van der Waals surface area (Å²) in [5, 5.41) is 0. The minimum atomic E-state index is -3.21. The molecule has 0 aromatic carbocycles. The molecule has 1 N–H and O–H groups in total. The van der Waals surface area contributed by atoms with Crippen molar-refractivity contribution in [3.8, 4) is 0 Å². The summed E-state index contributed by atoms with van der Waals surface area (Å²) in [6.45, 7) is 0. The standard InChI is InChI=1S/C3H4N2O2S/c6-8(7)3-4-1-2-5-8/h1-3,5H. The Hall–Kier alpha value is -0.840. The van der Waals surface area contributed by atoms with Gasteiger partial charge < -0.3 is 0 Å². The molecule has 0 aliphatic carbocycles. The lowest BCUT2D eigenvalue weighted by Crippen LogP contribution is -2.20. The highest BCUT2D eigenvalue weighted by Gasteiger charge is 2.02. The summed E-state index contributed by atoms with van der Waals surface area (Å²) >= 11 is 0. The van der Waals surface area contributed by atoms with Crippen molar-refractivity contribution in [2.45, 2.75) is 0 Å². The summed E-state index contributed by atoms with van der Waals surface area (Å²) in [5.41, 5.74) is 0.854. The van der Waals surface area contributed by atoms with E-state index in [1.54, 1.807) is 0 Å². The van der Waals surface area contributed by atoms with E-state index in [1.165, 1.54) is 12.4 Å². The van der Waals surface area contributed by atoms with Crippen molar-refractivity contribution >= 4 is 15.6 Å². The minimum Gasteiger partial charge on any atom is -0.284 e. The number of sulfonamides is 1. The van der Waals surface area contributed by atoms with Crippen LogP contribution in [0.2, 0.25) is 0 Å². The van der Waals surface area contributed by atoms with E-state index in [2.05, 4.69) is 9.71 Å². The van der Waals surface area contributed by atoms with Crippen LogP contribution in [-0.4, -0.2) is 14.0 Å². The minimum absolute atomic E-state index is 0.854. The lowest BCUT2D eigenvalue weighted by Gasteiger charge is -1.97. The van der Waals surface area contributed by atoms with Crippen molar-refractivity contribution in [3.05, 3.63) is 12.4 Å². The van der Waals surface area contributed by atoms with Crippen LogP contribution in [0.15, 0.2) is 17.4 Å². The Balaban J connectivity index is 2.98. The van der Waals surface area contributed by atoms with Crippen LogP contribution in [-0.2, 0) is 10.0 Å². The molecule has 0 spiro atoms. The van der Waals surface area contributed by atoms with E-state index < -0.39 is 10.0 Å². The van der Waals surface area contributed by atoms with Crippen LogP contribution >= 0.6 is 0 Å². The van der Waals surface area contributed by atoms with Crippen LogP contribution in [0.1, 0.15) is 0 Å². The van der Waals surface area contributed by atoms with E-state index >= 15 is 0 Å². The number of aliphatic imine (C=N–C) groups is 1. The average molecular weight is 132 g/mol. The molecule has 0 bridgehead atoms. The monoisotopic (exact) mass is 132 g/mol. The largest absolute Gasteiger partial charge is 0.284 e. The molecule has 1 rings (SSSR count). The zero-order valence-corrected chi connectivity index (χ0v) is 4.72. The van der Waals surface area contributed by atoms with Gasteiger partial charge in [0, 0.05) is 12.4 Å². The second-order valence-corrected chi connectivity index (χ2v) is 2.77. The van der Waals surface area contributed by atoms with E-state index in [1.807, 2.05) is 0 Å². The van der Waals surface area contributed by atoms with Crippen LogP contribution in [0, 0.1) is 0 Å². The molecule has 0 saturated carbocycles. The molecule has 0 atom stereocenters. The quantitative estimate of drug-likeness (QED) is 0.479. The Bertz CT molecular complexity index is 226. The van der Waals surface area contributed by atoms with E-state index in [9.17, 15) is 8.42 Å². The topological polar surface area (TPSA) is 58.5 Å². The zero-order chi connectivity index (χ0) is 6.04. The van der Waals surface area contributed by atoms with E-state index in [0.717, 1.165) is 5.55 Å². The summed E-state index contributed by atoms with van der Waals surface area (Å²) in [4.78, 5) is 3.37. The number of rotatable bonds is 0. The molecule has 0 amide bonds. The second-order valence-electron chi connectivity index (χ2n) is 1.23. The van der Waals surface area contributed by atoms with Gasteiger partial charge in [-0.3, -0.25) is 4.72 Å². The van der Waals surface area contributed by atoms with Gasteiger partial charge in [0.25, 0.3) is 10.0 Å². The molecule has 0 aromatic heterocycles. The second kappa shape index (κ2) is 1.59. The summed E-state index contributed by atoms with van der Waals surface area (Å²) in [7, 11) is -3.21. The third kappa shape index (κ3) is 1.06. The molecule has 0 saturated heterocycles. The van der Waals surface area contributed by atoms with Gasteiger partial charge in [0.1, 0.15) is 5.55 Å². The Kier molecular flexibility index (Phi) is 1.05. The lowest BCUT2D eigenvalue weighted by molar-refractivity contribution is 0.602. The first-order chi connectivity index (χ1) is 3.71. The number of nitrogens with zero attached hydrogens (tertiary/aromatic N) is 1. The van der Waals surface area contributed by atoms with Gasteiger partial charge in [0.2, 0.25) is 0 Å². The predicted molar refractivity (Wildman–Crippen MR) is 29.7 cm³/mol. The number of nitrogens with one attached hydrogen (secondary N) is 1. The maximum absolute atomic E-state index is 10.3. The summed E-state index contributed by atoms with van der Waals surface area (Å²) < 4.78 is 22.8. The third-order valence-corrected chi connectivity index (χ3v) is 1.46. The first kappa shape index (κ1) is 5.30. The molecule has 0 fully saturated rings. The van der Waals surface area contributed by atoms with Gasteiger partial charge in [-0.05, 0) is 0 Å². The molecule has 8 heavy (non-hydrogen) atoms. The fraction of sp³-hybridized carbons (Fsp3) is 0. The summed E-state index contributed by atoms with van der Waals surface area (Å²) in [6.07, 6.45) is 2.62. The highest BCUT2D eigenvalue weighted by molar-refractivity contribution is 8.02. The van der Waals surface area contributed by atoms with E-state index in [0.29, 0.717) is 0 Å². The van der Waals surface area contributed by atoms with E-state index in [4.69, 9.17) is 0 Å². The van der Waals surface area contributed by atoms with Crippen LogP contribution in [0.5, 0.6) is 0 Å². The van der Waals surface area contributed by atoms with Gasteiger partial charge in [-0.15, -0.1) is 0 Å². The van der Waals surface area contributed by atoms with Crippen molar-refractivity contribution in [3.63, 3.8) is 0 Å². The third-order valence-electron chi connectivity index (χ3n) is 0.593. The average Bonchev–Trinajstić information content (AvgIpc) is 1.65. The smallest absolute Gasteiger partial charge is 0.271 e. The molecule has 4 nitrogen and oxygen atoms in total.